The third kappa shape index (κ3) is 6.84. The Morgan fingerprint density at radius 2 is 1.71 bits per heavy atom. The summed E-state index contributed by atoms with van der Waals surface area (Å²) in [6, 6.07) is 23.9. The number of hydrogen-bond donors (Lipinski definition) is 0. The zero-order valence-corrected chi connectivity index (χ0v) is 18.5. The van der Waals surface area contributed by atoms with Gasteiger partial charge in [-0.15, -0.1) is 0 Å². The van der Waals surface area contributed by atoms with Crippen LogP contribution in [0.25, 0.3) is 10.8 Å². The summed E-state index contributed by atoms with van der Waals surface area (Å²) >= 11 is 0. The number of nitrogens with zero attached hydrogens (tertiary/aromatic N) is 1. The normalized spacial score (nSPS) is 11.5. The minimum atomic E-state index is -0.413. The Labute approximate surface area is 185 Å². The molecule has 0 heterocycles. The van der Waals surface area contributed by atoms with Gasteiger partial charge in [0, 0.05) is 13.1 Å². The average Bonchev–Trinajstić information content (AvgIpc) is 2.78. The van der Waals surface area contributed by atoms with Crippen molar-refractivity contribution in [1.82, 2.24) is 4.90 Å². The first-order chi connectivity index (χ1) is 14.9. The number of rotatable bonds is 7. The van der Waals surface area contributed by atoms with E-state index in [1.54, 1.807) is 12.1 Å². The molecule has 3 aromatic carbocycles. The lowest BCUT2D eigenvalue weighted by atomic mass is 9.96. The highest BCUT2D eigenvalue weighted by molar-refractivity contribution is 5.89. The molecule has 0 aliphatic heterocycles. The standard InChI is InChI=1S/C28H29NO2/c1-28(2,22-31-27(30)24-14-6-4-7-15-24)19-10-5-11-20-29(3)21-25-17-12-16-23-13-8-9-18-26(23)25/h4-9,11-18H,20-22H2,1-3H3/b11-5+. The third-order valence-electron chi connectivity index (χ3n) is 4.92. The second-order valence-electron chi connectivity index (χ2n) is 8.33. The van der Waals surface area contributed by atoms with Gasteiger partial charge in [-0.25, -0.2) is 4.79 Å². The second kappa shape index (κ2) is 10.6. The summed E-state index contributed by atoms with van der Waals surface area (Å²) in [5, 5.41) is 2.57. The van der Waals surface area contributed by atoms with Crippen molar-refractivity contribution in [3.8, 4) is 11.8 Å². The van der Waals surface area contributed by atoms with Crippen LogP contribution < -0.4 is 0 Å². The summed E-state index contributed by atoms with van der Waals surface area (Å²) in [5.74, 6) is 5.95. The number of carbonyl (C=O) groups is 1. The fourth-order valence-corrected chi connectivity index (χ4v) is 3.25. The first-order valence-electron chi connectivity index (χ1n) is 10.5. The van der Waals surface area contributed by atoms with Crippen LogP contribution in [-0.2, 0) is 11.3 Å². The molecule has 3 heteroatoms. The van der Waals surface area contributed by atoms with Gasteiger partial charge in [0.05, 0.1) is 11.0 Å². The van der Waals surface area contributed by atoms with E-state index in [0.717, 1.165) is 13.1 Å². The smallest absolute Gasteiger partial charge is 0.338 e. The molecule has 0 aromatic heterocycles. The molecule has 0 radical (unpaired) electrons. The molecule has 0 aliphatic rings. The van der Waals surface area contributed by atoms with Gasteiger partial charge in [-0.1, -0.05) is 78.6 Å². The molecule has 3 nitrogen and oxygen atoms in total. The van der Waals surface area contributed by atoms with Crippen LogP contribution in [0.2, 0.25) is 0 Å². The highest BCUT2D eigenvalue weighted by atomic mass is 16.5. The van der Waals surface area contributed by atoms with Crippen LogP contribution in [0.5, 0.6) is 0 Å². The Bertz CT molecular complexity index is 1100. The number of likely N-dealkylation sites (N-methyl/N-ethyl adjacent to an activating group) is 1. The minimum absolute atomic E-state index is 0.253. The van der Waals surface area contributed by atoms with Crippen LogP contribution in [0.4, 0.5) is 0 Å². The molecule has 0 atom stereocenters. The Kier molecular flexibility index (Phi) is 7.65. The molecule has 31 heavy (non-hydrogen) atoms. The third-order valence-corrected chi connectivity index (χ3v) is 4.92. The van der Waals surface area contributed by atoms with Crippen LogP contribution in [0, 0.1) is 17.3 Å². The predicted octanol–water partition coefficient (Wildman–Crippen LogP) is 5.71. The van der Waals surface area contributed by atoms with E-state index in [2.05, 4.69) is 72.3 Å². The van der Waals surface area contributed by atoms with Gasteiger partial charge >= 0.3 is 5.97 Å². The number of ether oxygens (including phenoxy) is 1. The van der Waals surface area contributed by atoms with E-state index in [0.29, 0.717) is 5.56 Å². The lowest BCUT2D eigenvalue weighted by molar-refractivity contribution is 0.0409. The van der Waals surface area contributed by atoms with Crippen molar-refractivity contribution in [1.29, 1.82) is 0 Å². The largest absolute Gasteiger partial charge is 0.461 e. The Balaban J connectivity index is 1.48. The van der Waals surface area contributed by atoms with Gasteiger partial charge in [0.25, 0.3) is 0 Å². The van der Waals surface area contributed by atoms with E-state index < -0.39 is 5.41 Å². The topological polar surface area (TPSA) is 29.5 Å². The van der Waals surface area contributed by atoms with Gasteiger partial charge in [0.1, 0.15) is 6.61 Å². The van der Waals surface area contributed by atoms with Crippen molar-refractivity contribution in [2.24, 2.45) is 5.41 Å². The Morgan fingerprint density at radius 1 is 1.00 bits per heavy atom. The number of allylic oxidation sites excluding steroid dienone is 1. The number of fused-ring (bicyclic) bond motifs is 1. The quantitative estimate of drug-likeness (QED) is 0.368. The second-order valence-corrected chi connectivity index (χ2v) is 8.33. The molecular formula is C28H29NO2. The van der Waals surface area contributed by atoms with Gasteiger partial charge in [0.15, 0.2) is 0 Å². The summed E-state index contributed by atoms with van der Waals surface area (Å²) in [7, 11) is 2.10. The molecule has 0 amide bonds. The molecular weight excluding hydrogens is 382 g/mol. The SMILES string of the molecule is CN(C/C=C/C#CC(C)(C)COC(=O)c1ccccc1)Cc1cccc2ccccc12. The van der Waals surface area contributed by atoms with Crippen LogP contribution in [0.15, 0.2) is 84.9 Å². The van der Waals surface area contributed by atoms with E-state index in [4.69, 9.17) is 4.74 Å². The molecule has 0 saturated carbocycles. The molecule has 0 unspecified atom stereocenters. The monoisotopic (exact) mass is 411 g/mol. The summed E-state index contributed by atoms with van der Waals surface area (Å²) in [6.07, 6.45) is 3.94. The number of hydrogen-bond acceptors (Lipinski definition) is 3. The van der Waals surface area contributed by atoms with Crippen molar-refractivity contribution in [2.45, 2.75) is 20.4 Å². The summed E-state index contributed by atoms with van der Waals surface area (Å²) in [6.45, 7) is 5.88. The van der Waals surface area contributed by atoms with Crippen molar-refractivity contribution in [3.05, 3.63) is 96.1 Å². The first kappa shape index (κ1) is 22.3. The Hall–Kier alpha value is -3.35. The molecule has 0 spiro atoms. The van der Waals surface area contributed by atoms with Crippen molar-refractivity contribution < 1.29 is 9.53 Å². The zero-order chi connectivity index (χ0) is 22.1. The van der Waals surface area contributed by atoms with Crippen molar-refractivity contribution >= 4 is 16.7 Å². The van der Waals surface area contributed by atoms with Gasteiger partial charge in [-0.2, -0.15) is 0 Å². The molecule has 0 saturated heterocycles. The minimum Gasteiger partial charge on any atom is -0.461 e. The van der Waals surface area contributed by atoms with Crippen molar-refractivity contribution in [2.75, 3.05) is 20.2 Å². The van der Waals surface area contributed by atoms with E-state index in [1.165, 1.54) is 16.3 Å². The number of carbonyl (C=O) groups excluding carboxylic acids is 1. The van der Waals surface area contributed by atoms with Gasteiger partial charge in [-0.05, 0) is 55.4 Å². The lowest BCUT2D eigenvalue weighted by Gasteiger charge is -2.17. The highest BCUT2D eigenvalue weighted by Gasteiger charge is 2.18. The van der Waals surface area contributed by atoms with Gasteiger partial charge in [-0.3, -0.25) is 4.90 Å². The van der Waals surface area contributed by atoms with Gasteiger partial charge < -0.3 is 4.74 Å². The van der Waals surface area contributed by atoms with Crippen LogP contribution in [0.3, 0.4) is 0 Å². The van der Waals surface area contributed by atoms with Crippen LogP contribution >= 0.6 is 0 Å². The van der Waals surface area contributed by atoms with Crippen LogP contribution in [-0.4, -0.2) is 31.1 Å². The average molecular weight is 412 g/mol. The summed E-state index contributed by atoms with van der Waals surface area (Å²) in [5.41, 5.74) is 1.46. The maximum atomic E-state index is 12.1. The van der Waals surface area contributed by atoms with Crippen molar-refractivity contribution in [3.63, 3.8) is 0 Å². The summed E-state index contributed by atoms with van der Waals surface area (Å²) in [4.78, 5) is 14.3. The van der Waals surface area contributed by atoms with E-state index in [1.807, 2.05) is 38.1 Å². The predicted molar refractivity (Wildman–Crippen MR) is 128 cm³/mol. The molecule has 158 valence electrons. The lowest BCUT2D eigenvalue weighted by Crippen LogP contribution is -2.20. The summed E-state index contributed by atoms with van der Waals surface area (Å²) < 4.78 is 5.42. The molecule has 0 N–H and O–H groups in total. The number of esters is 1. The van der Waals surface area contributed by atoms with E-state index in [9.17, 15) is 4.79 Å². The molecule has 0 aliphatic carbocycles. The van der Waals surface area contributed by atoms with Gasteiger partial charge in [0.2, 0.25) is 0 Å². The molecule has 0 bridgehead atoms. The molecule has 3 rings (SSSR count). The van der Waals surface area contributed by atoms with E-state index in [-0.39, 0.29) is 12.6 Å². The Morgan fingerprint density at radius 3 is 2.52 bits per heavy atom. The fourth-order valence-electron chi connectivity index (χ4n) is 3.25. The fraction of sp³-hybridized carbons (Fsp3) is 0.250. The maximum Gasteiger partial charge on any atom is 0.338 e. The van der Waals surface area contributed by atoms with Crippen LogP contribution in [0.1, 0.15) is 29.8 Å². The van der Waals surface area contributed by atoms with E-state index >= 15 is 0 Å². The number of benzene rings is 3. The maximum absolute atomic E-state index is 12.1. The highest BCUT2D eigenvalue weighted by Crippen LogP contribution is 2.19. The first-order valence-corrected chi connectivity index (χ1v) is 10.5. The molecule has 3 aromatic rings. The molecule has 0 fully saturated rings. The zero-order valence-electron chi connectivity index (χ0n) is 18.5.